The van der Waals surface area contributed by atoms with Gasteiger partial charge in [-0.05, 0) is 42.9 Å². The first-order valence-electron chi connectivity index (χ1n) is 5.14. The quantitative estimate of drug-likeness (QED) is 0.828. The van der Waals surface area contributed by atoms with Crippen molar-refractivity contribution < 1.29 is 14.3 Å². The first kappa shape index (κ1) is 10.1. The minimum Gasteiger partial charge on any atom is -0.481 e. The summed E-state index contributed by atoms with van der Waals surface area (Å²) in [4.78, 5) is 10.8. The van der Waals surface area contributed by atoms with Gasteiger partial charge >= 0.3 is 5.97 Å². The Morgan fingerprint density at radius 1 is 1.47 bits per heavy atom. The average Bonchev–Trinajstić information content (AvgIpc) is 2.11. The van der Waals surface area contributed by atoms with Crippen LogP contribution in [0.2, 0.25) is 0 Å². The molecule has 80 valence electrons. The zero-order valence-corrected chi connectivity index (χ0v) is 8.32. The summed E-state index contributed by atoms with van der Waals surface area (Å²) >= 11 is 0. The van der Waals surface area contributed by atoms with Gasteiger partial charge in [0.05, 0.1) is 5.92 Å². The molecule has 0 heterocycles. The predicted octanol–water partition coefficient (Wildman–Crippen LogP) is 2.48. The van der Waals surface area contributed by atoms with Crippen LogP contribution in [-0.2, 0) is 11.2 Å². The Balaban J connectivity index is 2.00. The number of aliphatic carboxylic acids is 1. The molecule has 0 aromatic heterocycles. The van der Waals surface area contributed by atoms with E-state index >= 15 is 0 Å². The first-order valence-corrected chi connectivity index (χ1v) is 5.14. The highest BCUT2D eigenvalue weighted by atomic mass is 19.1. The van der Waals surface area contributed by atoms with Crippen LogP contribution in [0.5, 0.6) is 0 Å². The molecule has 0 amide bonds. The second-order valence-electron chi connectivity index (χ2n) is 4.12. The van der Waals surface area contributed by atoms with Gasteiger partial charge in [0.15, 0.2) is 0 Å². The van der Waals surface area contributed by atoms with Crippen molar-refractivity contribution >= 4 is 5.97 Å². The molecule has 1 aromatic carbocycles. The van der Waals surface area contributed by atoms with E-state index in [9.17, 15) is 9.18 Å². The molecule has 3 heteroatoms. The van der Waals surface area contributed by atoms with Gasteiger partial charge in [-0.15, -0.1) is 0 Å². The molecule has 2 unspecified atom stereocenters. The van der Waals surface area contributed by atoms with E-state index in [1.165, 1.54) is 12.1 Å². The van der Waals surface area contributed by atoms with Crippen LogP contribution in [0.1, 0.15) is 18.4 Å². The van der Waals surface area contributed by atoms with Crippen LogP contribution in [0.25, 0.3) is 0 Å². The van der Waals surface area contributed by atoms with Crippen molar-refractivity contribution in [3.8, 4) is 0 Å². The van der Waals surface area contributed by atoms with Crippen LogP contribution < -0.4 is 0 Å². The molecule has 1 N–H and O–H groups in total. The Bertz CT molecular complexity index is 376. The van der Waals surface area contributed by atoms with Crippen LogP contribution in [-0.4, -0.2) is 11.1 Å². The number of carboxylic acid groups (broad SMARTS) is 1. The molecule has 0 aliphatic heterocycles. The number of carbonyl (C=O) groups is 1. The predicted molar refractivity (Wildman–Crippen MR) is 54.0 cm³/mol. The van der Waals surface area contributed by atoms with Gasteiger partial charge in [0.2, 0.25) is 0 Å². The lowest BCUT2D eigenvalue weighted by Gasteiger charge is -2.33. The lowest BCUT2D eigenvalue weighted by Crippen LogP contribution is -2.34. The molecule has 2 rings (SSSR count). The van der Waals surface area contributed by atoms with Crippen molar-refractivity contribution in [2.75, 3.05) is 0 Å². The molecular weight excluding hydrogens is 195 g/mol. The zero-order chi connectivity index (χ0) is 10.8. The van der Waals surface area contributed by atoms with Crippen LogP contribution >= 0.6 is 0 Å². The van der Waals surface area contributed by atoms with Crippen molar-refractivity contribution in [2.45, 2.75) is 19.3 Å². The number of hydrogen-bond acceptors (Lipinski definition) is 1. The van der Waals surface area contributed by atoms with E-state index in [4.69, 9.17) is 5.11 Å². The van der Waals surface area contributed by atoms with Gasteiger partial charge in [0.1, 0.15) is 5.82 Å². The lowest BCUT2D eigenvalue weighted by molar-refractivity contribution is -0.147. The number of halogens is 1. The van der Waals surface area contributed by atoms with Crippen molar-refractivity contribution in [3.63, 3.8) is 0 Å². The summed E-state index contributed by atoms with van der Waals surface area (Å²) in [5, 5.41) is 8.86. The average molecular weight is 208 g/mol. The third-order valence-electron chi connectivity index (χ3n) is 3.12. The van der Waals surface area contributed by atoms with Crippen molar-refractivity contribution in [1.82, 2.24) is 0 Å². The Morgan fingerprint density at radius 2 is 2.27 bits per heavy atom. The van der Waals surface area contributed by atoms with Crippen LogP contribution in [0, 0.1) is 17.7 Å². The van der Waals surface area contributed by atoms with E-state index in [-0.39, 0.29) is 17.7 Å². The standard InChI is InChI=1S/C12H13FO2/c13-10-3-1-2-8(7-10)6-9-4-5-11(9)12(14)15/h1-3,7,9,11H,4-6H2,(H,14,15). The Morgan fingerprint density at radius 3 is 2.80 bits per heavy atom. The maximum atomic E-state index is 12.9. The first-order chi connectivity index (χ1) is 7.16. The van der Waals surface area contributed by atoms with E-state index in [1.807, 2.05) is 6.07 Å². The molecule has 15 heavy (non-hydrogen) atoms. The van der Waals surface area contributed by atoms with E-state index < -0.39 is 5.97 Å². The molecule has 0 radical (unpaired) electrons. The molecule has 1 fully saturated rings. The number of carboxylic acids is 1. The molecule has 1 saturated carbocycles. The van der Waals surface area contributed by atoms with E-state index in [2.05, 4.69) is 0 Å². The van der Waals surface area contributed by atoms with E-state index in [0.29, 0.717) is 6.42 Å². The summed E-state index contributed by atoms with van der Waals surface area (Å²) in [6, 6.07) is 6.40. The normalized spacial score (nSPS) is 24.6. The molecule has 0 bridgehead atoms. The summed E-state index contributed by atoms with van der Waals surface area (Å²) in [6.45, 7) is 0. The second kappa shape index (κ2) is 4.01. The summed E-state index contributed by atoms with van der Waals surface area (Å²) in [5.41, 5.74) is 0.894. The fourth-order valence-corrected chi connectivity index (χ4v) is 2.11. The number of hydrogen-bond donors (Lipinski definition) is 1. The monoisotopic (exact) mass is 208 g/mol. The highest BCUT2D eigenvalue weighted by Crippen LogP contribution is 2.36. The molecule has 0 spiro atoms. The smallest absolute Gasteiger partial charge is 0.306 e. The second-order valence-corrected chi connectivity index (χ2v) is 4.12. The minimum absolute atomic E-state index is 0.185. The van der Waals surface area contributed by atoms with Gasteiger partial charge in [-0.2, -0.15) is 0 Å². The third-order valence-corrected chi connectivity index (χ3v) is 3.12. The Kier molecular flexibility index (Phi) is 2.71. The Labute approximate surface area is 87.7 Å². The third kappa shape index (κ3) is 2.17. The minimum atomic E-state index is -0.720. The summed E-state index contributed by atoms with van der Waals surface area (Å²) in [7, 11) is 0. The van der Waals surface area contributed by atoms with E-state index in [0.717, 1.165) is 18.4 Å². The Hall–Kier alpha value is -1.38. The molecule has 0 saturated heterocycles. The molecule has 1 aliphatic carbocycles. The van der Waals surface area contributed by atoms with Gasteiger partial charge in [-0.25, -0.2) is 4.39 Å². The molecule has 2 atom stereocenters. The fourth-order valence-electron chi connectivity index (χ4n) is 2.11. The highest BCUT2D eigenvalue weighted by Gasteiger charge is 2.36. The van der Waals surface area contributed by atoms with Gasteiger partial charge in [0, 0.05) is 0 Å². The summed E-state index contributed by atoms with van der Waals surface area (Å²) < 4.78 is 12.9. The fraction of sp³-hybridized carbons (Fsp3) is 0.417. The topological polar surface area (TPSA) is 37.3 Å². The highest BCUT2D eigenvalue weighted by molar-refractivity contribution is 5.71. The van der Waals surface area contributed by atoms with Gasteiger partial charge in [-0.1, -0.05) is 12.1 Å². The maximum absolute atomic E-state index is 12.9. The number of rotatable bonds is 3. The SMILES string of the molecule is O=C(O)C1CCC1Cc1cccc(F)c1. The van der Waals surface area contributed by atoms with Gasteiger partial charge < -0.3 is 5.11 Å². The van der Waals surface area contributed by atoms with Gasteiger partial charge in [0.25, 0.3) is 0 Å². The zero-order valence-electron chi connectivity index (χ0n) is 8.32. The summed E-state index contributed by atoms with van der Waals surface area (Å²) in [5.74, 6) is -1.01. The molecule has 2 nitrogen and oxygen atoms in total. The number of benzene rings is 1. The lowest BCUT2D eigenvalue weighted by atomic mass is 9.71. The molecule has 1 aromatic rings. The van der Waals surface area contributed by atoms with Gasteiger partial charge in [-0.3, -0.25) is 4.79 Å². The maximum Gasteiger partial charge on any atom is 0.306 e. The summed E-state index contributed by atoms with van der Waals surface area (Å²) in [6.07, 6.45) is 2.37. The van der Waals surface area contributed by atoms with Crippen LogP contribution in [0.15, 0.2) is 24.3 Å². The van der Waals surface area contributed by atoms with Crippen molar-refractivity contribution in [2.24, 2.45) is 11.8 Å². The molecular formula is C12H13FO2. The van der Waals surface area contributed by atoms with Crippen LogP contribution in [0.3, 0.4) is 0 Å². The molecule has 1 aliphatic rings. The largest absolute Gasteiger partial charge is 0.481 e. The van der Waals surface area contributed by atoms with Crippen molar-refractivity contribution in [3.05, 3.63) is 35.6 Å². The van der Waals surface area contributed by atoms with Crippen molar-refractivity contribution in [1.29, 1.82) is 0 Å². The van der Waals surface area contributed by atoms with E-state index in [1.54, 1.807) is 6.07 Å². The van der Waals surface area contributed by atoms with Crippen LogP contribution in [0.4, 0.5) is 4.39 Å².